The highest BCUT2D eigenvalue weighted by Crippen LogP contribution is 2.22. The van der Waals surface area contributed by atoms with Gasteiger partial charge < -0.3 is 19.2 Å². The van der Waals surface area contributed by atoms with Gasteiger partial charge in [-0.15, -0.1) is 0 Å². The predicted molar refractivity (Wildman–Crippen MR) is 92.8 cm³/mol. The number of hydrogen-bond acceptors (Lipinski definition) is 4. The molecule has 1 unspecified atom stereocenters. The molecule has 24 heavy (non-hydrogen) atoms. The number of fused-ring (bicyclic) bond motifs is 1. The van der Waals surface area contributed by atoms with Crippen molar-refractivity contribution in [3.05, 3.63) is 40.2 Å². The van der Waals surface area contributed by atoms with Gasteiger partial charge in [-0.25, -0.2) is 4.79 Å². The summed E-state index contributed by atoms with van der Waals surface area (Å²) in [5.41, 5.74) is 1.05. The average molecular weight is 332 g/mol. The Kier molecular flexibility index (Phi) is 5.53. The van der Waals surface area contributed by atoms with Gasteiger partial charge in [-0.2, -0.15) is 0 Å². The molecule has 0 aliphatic carbocycles. The second kappa shape index (κ2) is 7.81. The zero-order valence-electron chi connectivity index (χ0n) is 14.2. The van der Waals surface area contributed by atoms with E-state index in [0.717, 1.165) is 30.6 Å². The van der Waals surface area contributed by atoms with E-state index in [1.807, 2.05) is 19.1 Å². The van der Waals surface area contributed by atoms with Gasteiger partial charge in [0.1, 0.15) is 30.6 Å². The van der Waals surface area contributed by atoms with Crippen molar-refractivity contribution in [2.24, 2.45) is 0 Å². The van der Waals surface area contributed by atoms with Gasteiger partial charge in [0, 0.05) is 17.5 Å². The van der Waals surface area contributed by atoms with Crippen molar-refractivity contribution in [2.45, 2.75) is 38.7 Å². The number of ether oxygens (including phenoxy) is 1. The lowest BCUT2D eigenvalue weighted by Crippen LogP contribution is -3.13. The fourth-order valence-corrected chi connectivity index (χ4v) is 3.41. The molecular weight excluding hydrogens is 306 g/mol. The fraction of sp³-hybridized carbons (Fsp3) is 0.526. The van der Waals surface area contributed by atoms with E-state index in [1.54, 1.807) is 6.07 Å². The summed E-state index contributed by atoms with van der Waals surface area (Å²) in [6, 6.07) is 6.93. The quantitative estimate of drug-likeness (QED) is 0.810. The molecule has 2 N–H and O–H groups in total. The summed E-state index contributed by atoms with van der Waals surface area (Å²) < 4.78 is 10.9. The highest BCUT2D eigenvalue weighted by atomic mass is 16.5. The number of quaternary nitrogens is 1. The molecule has 1 saturated heterocycles. The Balaban J connectivity index is 1.59. The Morgan fingerprint density at radius 2 is 1.96 bits per heavy atom. The van der Waals surface area contributed by atoms with Gasteiger partial charge in [0.15, 0.2) is 0 Å². The zero-order valence-corrected chi connectivity index (χ0v) is 14.2. The van der Waals surface area contributed by atoms with Crippen molar-refractivity contribution in [3.8, 4) is 5.75 Å². The van der Waals surface area contributed by atoms with Gasteiger partial charge >= 0.3 is 5.63 Å². The van der Waals surface area contributed by atoms with Gasteiger partial charge in [0.05, 0.1) is 13.1 Å². The minimum atomic E-state index is -0.488. The summed E-state index contributed by atoms with van der Waals surface area (Å²) >= 11 is 0. The summed E-state index contributed by atoms with van der Waals surface area (Å²) in [4.78, 5) is 12.9. The number of rotatable bonds is 5. The van der Waals surface area contributed by atoms with E-state index in [-0.39, 0.29) is 12.2 Å². The summed E-state index contributed by atoms with van der Waals surface area (Å²) in [6.07, 6.45) is 4.60. The Morgan fingerprint density at radius 1 is 1.21 bits per heavy atom. The van der Waals surface area contributed by atoms with Crippen LogP contribution in [0.3, 0.4) is 0 Å². The summed E-state index contributed by atoms with van der Waals surface area (Å²) in [6.45, 7) is 5.13. The van der Waals surface area contributed by atoms with Crippen molar-refractivity contribution in [2.75, 3.05) is 26.2 Å². The van der Waals surface area contributed by atoms with Crippen molar-refractivity contribution >= 4 is 11.0 Å². The number of aliphatic hydroxyl groups excluding tert-OH is 1. The monoisotopic (exact) mass is 332 g/mol. The molecule has 3 rings (SSSR count). The first-order valence-corrected chi connectivity index (χ1v) is 8.81. The van der Waals surface area contributed by atoms with Crippen LogP contribution in [0, 0.1) is 6.92 Å². The topological polar surface area (TPSA) is 64.1 Å². The number of aryl methyl sites for hydroxylation is 1. The normalized spacial score (nSPS) is 17.6. The third-order valence-corrected chi connectivity index (χ3v) is 4.70. The smallest absolute Gasteiger partial charge is 0.336 e. The molecule has 0 amide bonds. The van der Waals surface area contributed by atoms with Gasteiger partial charge in [0.25, 0.3) is 0 Å². The van der Waals surface area contributed by atoms with Crippen LogP contribution in [0.1, 0.15) is 31.2 Å². The van der Waals surface area contributed by atoms with E-state index in [0.29, 0.717) is 11.3 Å². The Bertz CT molecular complexity index is 732. The maximum Gasteiger partial charge on any atom is 0.336 e. The molecule has 1 aromatic heterocycles. The highest BCUT2D eigenvalue weighted by molar-refractivity contribution is 5.81. The molecule has 2 aromatic rings. The van der Waals surface area contributed by atoms with Crippen molar-refractivity contribution in [3.63, 3.8) is 0 Å². The van der Waals surface area contributed by atoms with Crippen LogP contribution in [0.2, 0.25) is 0 Å². The maximum atomic E-state index is 11.5. The standard InChI is InChI=1S/C19H25NO4/c1-14-10-19(22)24-18-11-16(6-7-17(14)18)23-13-15(21)12-20-8-4-2-3-5-9-20/h6-7,10-11,15,21H,2-5,8-9,12-13H2,1H3/p+1. The molecule has 1 fully saturated rings. The lowest BCUT2D eigenvalue weighted by molar-refractivity contribution is -0.902. The van der Waals surface area contributed by atoms with Crippen LogP contribution in [-0.2, 0) is 0 Å². The molecule has 0 spiro atoms. The Labute approximate surface area is 141 Å². The molecule has 0 radical (unpaired) electrons. The average Bonchev–Trinajstić information content (AvgIpc) is 2.81. The maximum absolute atomic E-state index is 11.5. The van der Waals surface area contributed by atoms with Crippen molar-refractivity contribution in [1.82, 2.24) is 0 Å². The second-order valence-electron chi connectivity index (χ2n) is 6.74. The number of hydrogen-bond donors (Lipinski definition) is 2. The fourth-order valence-electron chi connectivity index (χ4n) is 3.41. The van der Waals surface area contributed by atoms with E-state index in [9.17, 15) is 9.90 Å². The molecular formula is C19H26NO4+. The highest BCUT2D eigenvalue weighted by Gasteiger charge is 2.17. The predicted octanol–water partition coefficient (Wildman–Crippen LogP) is 1.30. The first-order valence-electron chi connectivity index (χ1n) is 8.81. The molecule has 1 aliphatic heterocycles. The molecule has 0 saturated carbocycles. The van der Waals surface area contributed by atoms with Crippen LogP contribution in [0.5, 0.6) is 5.75 Å². The molecule has 1 aromatic carbocycles. The number of benzene rings is 1. The SMILES string of the molecule is Cc1cc(=O)oc2cc(OCC(O)C[NH+]3CCCCCC3)ccc12. The third kappa shape index (κ3) is 4.36. The summed E-state index contributed by atoms with van der Waals surface area (Å²) in [7, 11) is 0. The molecule has 2 heterocycles. The van der Waals surface area contributed by atoms with Crippen LogP contribution in [-0.4, -0.2) is 37.5 Å². The Morgan fingerprint density at radius 3 is 2.71 bits per heavy atom. The van der Waals surface area contributed by atoms with Crippen molar-refractivity contribution in [1.29, 1.82) is 0 Å². The largest absolute Gasteiger partial charge is 0.491 e. The van der Waals surface area contributed by atoms with Crippen LogP contribution in [0.15, 0.2) is 33.5 Å². The first kappa shape index (κ1) is 17.0. The van der Waals surface area contributed by atoms with Crippen molar-refractivity contribution < 1.29 is 19.2 Å². The lowest BCUT2D eigenvalue weighted by Gasteiger charge is -2.20. The summed E-state index contributed by atoms with van der Waals surface area (Å²) in [5.74, 6) is 0.612. The molecule has 5 heteroatoms. The van der Waals surface area contributed by atoms with Gasteiger partial charge in [-0.1, -0.05) is 0 Å². The first-order chi connectivity index (χ1) is 11.6. The molecule has 1 atom stereocenters. The van der Waals surface area contributed by atoms with E-state index < -0.39 is 6.10 Å². The molecule has 1 aliphatic rings. The second-order valence-corrected chi connectivity index (χ2v) is 6.74. The van der Waals surface area contributed by atoms with Gasteiger partial charge in [-0.05, 0) is 50.3 Å². The third-order valence-electron chi connectivity index (χ3n) is 4.70. The van der Waals surface area contributed by atoms with Crippen LogP contribution >= 0.6 is 0 Å². The number of aliphatic hydroxyl groups is 1. The molecule has 0 bridgehead atoms. The Hall–Kier alpha value is -1.85. The van der Waals surface area contributed by atoms with E-state index >= 15 is 0 Å². The zero-order chi connectivity index (χ0) is 16.9. The minimum Gasteiger partial charge on any atom is -0.491 e. The van der Waals surface area contributed by atoms with E-state index in [4.69, 9.17) is 9.15 Å². The van der Waals surface area contributed by atoms with E-state index in [1.165, 1.54) is 36.6 Å². The van der Waals surface area contributed by atoms with Gasteiger partial charge in [-0.3, -0.25) is 0 Å². The van der Waals surface area contributed by atoms with Crippen LogP contribution in [0.4, 0.5) is 0 Å². The van der Waals surface area contributed by atoms with Crippen LogP contribution < -0.4 is 15.3 Å². The minimum absolute atomic E-state index is 0.255. The van der Waals surface area contributed by atoms with Gasteiger partial charge in [0.2, 0.25) is 0 Å². The molecule has 5 nitrogen and oxygen atoms in total. The van der Waals surface area contributed by atoms with Crippen LogP contribution in [0.25, 0.3) is 11.0 Å². The summed E-state index contributed by atoms with van der Waals surface area (Å²) in [5, 5.41) is 11.1. The number of nitrogens with one attached hydrogen (secondary N) is 1. The van der Waals surface area contributed by atoms with E-state index in [2.05, 4.69) is 0 Å². The molecule has 130 valence electrons. The number of likely N-dealkylation sites (tertiary alicyclic amines) is 1. The lowest BCUT2D eigenvalue weighted by atomic mass is 10.1.